The number of nitrogens with zero attached hydrogens (tertiary/aromatic N) is 1. The molecule has 0 bridgehead atoms. The number of benzene rings is 1. The molecule has 15 heavy (non-hydrogen) atoms. The molecule has 1 heterocycles. The van der Waals surface area contributed by atoms with Crippen LogP contribution in [0.3, 0.4) is 0 Å². The van der Waals surface area contributed by atoms with E-state index < -0.39 is 0 Å². The summed E-state index contributed by atoms with van der Waals surface area (Å²) < 4.78 is 5.29. The summed E-state index contributed by atoms with van der Waals surface area (Å²) in [5.41, 5.74) is 2.44. The summed E-state index contributed by atoms with van der Waals surface area (Å²) in [5, 5.41) is 8.16. The van der Waals surface area contributed by atoms with E-state index in [1.165, 1.54) is 5.56 Å². The highest BCUT2D eigenvalue weighted by molar-refractivity contribution is 5.88. The third kappa shape index (κ3) is 1.58. The van der Waals surface area contributed by atoms with Crippen LogP contribution >= 0.6 is 0 Å². The number of hydrogen-bond acceptors (Lipinski definition) is 2. The van der Waals surface area contributed by atoms with Crippen LogP contribution in [0.1, 0.15) is 26.3 Å². The molecule has 0 radical (unpaired) electrons. The van der Waals surface area contributed by atoms with Crippen LogP contribution in [0, 0.1) is 0 Å². The summed E-state index contributed by atoms with van der Waals surface area (Å²) in [6, 6.07) is 4.10. The highest BCUT2D eigenvalue weighted by Gasteiger charge is 2.19. The molecule has 0 aliphatic carbocycles. The summed E-state index contributed by atoms with van der Waals surface area (Å²) in [4.78, 5) is 0. The van der Waals surface area contributed by atoms with Crippen LogP contribution in [0.4, 0.5) is 0 Å². The number of H-pyrrole nitrogens is 1. The number of aromatic nitrogens is 2. The fraction of sp³-hybridized carbons (Fsp3) is 0.417. The smallest absolute Gasteiger partial charge is 0.129 e. The van der Waals surface area contributed by atoms with Gasteiger partial charge in [0.15, 0.2) is 0 Å². The number of fused-ring (bicyclic) bond motifs is 1. The minimum atomic E-state index is 0.108. The fourth-order valence-electron chi connectivity index (χ4n) is 1.81. The summed E-state index contributed by atoms with van der Waals surface area (Å²) in [7, 11) is 1.68. The average Bonchev–Trinajstić information content (AvgIpc) is 2.62. The van der Waals surface area contributed by atoms with Crippen molar-refractivity contribution < 1.29 is 4.74 Å². The zero-order valence-electron chi connectivity index (χ0n) is 9.59. The van der Waals surface area contributed by atoms with Crippen molar-refractivity contribution in [1.29, 1.82) is 0 Å². The van der Waals surface area contributed by atoms with Crippen LogP contribution in [-0.4, -0.2) is 17.3 Å². The van der Waals surface area contributed by atoms with Gasteiger partial charge < -0.3 is 4.74 Å². The molecule has 0 fully saturated rings. The van der Waals surface area contributed by atoms with Crippen LogP contribution in [0.15, 0.2) is 18.3 Å². The summed E-state index contributed by atoms with van der Waals surface area (Å²) in [6.07, 6.45) is 1.81. The Morgan fingerprint density at radius 3 is 2.60 bits per heavy atom. The van der Waals surface area contributed by atoms with Crippen molar-refractivity contribution in [2.24, 2.45) is 0 Å². The molecule has 0 aliphatic heterocycles. The molecule has 0 aliphatic rings. The minimum Gasteiger partial charge on any atom is -0.496 e. The Bertz CT molecular complexity index is 480. The van der Waals surface area contributed by atoms with Crippen LogP contribution in [0.25, 0.3) is 10.9 Å². The van der Waals surface area contributed by atoms with Gasteiger partial charge in [-0.2, -0.15) is 5.10 Å². The molecule has 80 valence electrons. The first-order valence-corrected chi connectivity index (χ1v) is 5.04. The van der Waals surface area contributed by atoms with Gasteiger partial charge in [-0.05, 0) is 17.0 Å². The van der Waals surface area contributed by atoms with Gasteiger partial charge >= 0.3 is 0 Å². The van der Waals surface area contributed by atoms with Gasteiger partial charge in [-0.15, -0.1) is 0 Å². The van der Waals surface area contributed by atoms with E-state index in [4.69, 9.17) is 4.74 Å². The lowest BCUT2D eigenvalue weighted by molar-refractivity contribution is 0.419. The second-order valence-electron chi connectivity index (χ2n) is 4.72. The van der Waals surface area contributed by atoms with Crippen molar-refractivity contribution in [2.45, 2.75) is 26.2 Å². The van der Waals surface area contributed by atoms with Gasteiger partial charge in [0, 0.05) is 0 Å². The Hall–Kier alpha value is -1.51. The normalized spacial score (nSPS) is 12.0. The number of nitrogens with one attached hydrogen (secondary N) is 1. The molecule has 1 aromatic carbocycles. The van der Waals surface area contributed by atoms with Gasteiger partial charge in [0.05, 0.1) is 24.2 Å². The van der Waals surface area contributed by atoms with E-state index in [1.54, 1.807) is 7.11 Å². The lowest BCUT2D eigenvalue weighted by Crippen LogP contribution is -2.11. The summed E-state index contributed by atoms with van der Waals surface area (Å²) >= 11 is 0. The first kappa shape index (κ1) is 10.0. The maximum atomic E-state index is 5.29. The van der Waals surface area contributed by atoms with Gasteiger partial charge in [-0.25, -0.2) is 0 Å². The Balaban J connectivity index is 2.74. The lowest BCUT2D eigenvalue weighted by atomic mass is 9.86. The molecule has 1 aromatic heterocycles. The average molecular weight is 204 g/mol. The largest absolute Gasteiger partial charge is 0.496 e. The third-order valence-corrected chi connectivity index (χ3v) is 2.60. The number of aromatic amines is 1. The predicted molar refractivity (Wildman–Crippen MR) is 61.3 cm³/mol. The van der Waals surface area contributed by atoms with Crippen LogP contribution < -0.4 is 4.74 Å². The monoisotopic (exact) mass is 204 g/mol. The molecule has 0 unspecified atom stereocenters. The second-order valence-corrected chi connectivity index (χ2v) is 4.72. The van der Waals surface area contributed by atoms with E-state index in [0.29, 0.717) is 0 Å². The zero-order valence-corrected chi connectivity index (χ0v) is 9.59. The Morgan fingerprint density at radius 1 is 1.27 bits per heavy atom. The summed E-state index contributed by atoms with van der Waals surface area (Å²) in [6.45, 7) is 6.57. The van der Waals surface area contributed by atoms with Gasteiger partial charge in [0.2, 0.25) is 0 Å². The zero-order chi connectivity index (χ0) is 11.1. The SMILES string of the molecule is COc1ccc(C(C)(C)C)c2[nH]ncc12. The van der Waals surface area contributed by atoms with E-state index >= 15 is 0 Å². The van der Waals surface area contributed by atoms with Crippen LogP contribution in [0.5, 0.6) is 5.75 Å². The number of rotatable bonds is 1. The Kier molecular flexibility index (Phi) is 2.18. The van der Waals surface area contributed by atoms with E-state index in [1.807, 2.05) is 12.3 Å². The first-order valence-electron chi connectivity index (χ1n) is 5.04. The molecule has 0 amide bonds. The van der Waals surface area contributed by atoms with Gasteiger partial charge in [0.1, 0.15) is 5.75 Å². The van der Waals surface area contributed by atoms with Crippen molar-refractivity contribution >= 4 is 10.9 Å². The molecule has 2 rings (SSSR count). The van der Waals surface area contributed by atoms with Crippen molar-refractivity contribution in [3.8, 4) is 5.75 Å². The highest BCUT2D eigenvalue weighted by atomic mass is 16.5. The maximum absolute atomic E-state index is 5.29. The van der Waals surface area contributed by atoms with Crippen molar-refractivity contribution in [1.82, 2.24) is 10.2 Å². The first-order chi connectivity index (χ1) is 7.04. The highest BCUT2D eigenvalue weighted by Crippen LogP contribution is 2.33. The topological polar surface area (TPSA) is 37.9 Å². The van der Waals surface area contributed by atoms with E-state index in [-0.39, 0.29) is 5.41 Å². The fourth-order valence-corrected chi connectivity index (χ4v) is 1.81. The van der Waals surface area contributed by atoms with Gasteiger partial charge in [-0.3, -0.25) is 5.10 Å². The standard InChI is InChI=1S/C12H16N2O/c1-12(2,3)9-5-6-10(15-4)8-7-13-14-11(8)9/h5-7H,1-4H3,(H,13,14). The van der Waals surface area contributed by atoms with Crippen molar-refractivity contribution in [2.75, 3.05) is 7.11 Å². The second kappa shape index (κ2) is 3.26. The number of methoxy groups -OCH3 is 1. The molecule has 0 spiro atoms. The molecule has 1 N–H and O–H groups in total. The quantitative estimate of drug-likeness (QED) is 0.775. The molecule has 0 saturated carbocycles. The van der Waals surface area contributed by atoms with Crippen molar-refractivity contribution in [3.63, 3.8) is 0 Å². The lowest BCUT2D eigenvalue weighted by Gasteiger charge is -2.20. The van der Waals surface area contributed by atoms with E-state index in [0.717, 1.165) is 16.7 Å². The molecule has 2 aromatic rings. The van der Waals surface area contributed by atoms with Crippen LogP contribution in [-0.2, 0) is 5.41 Å². The molecule has 0 atom stereocenters. The van der Waals surface area contributed by atoms with E-state index in [2.05, 4.69) is 37.0 Å². The van der Waals surface area contributed by atoms with Gasteiger partial charge in [-0.1, -0.05) is 26.8 Å². The predicted octanol–water partition coefficient (Wildman–Crippen LogP) is 2.87. The number of hydrogen-bond donors (Lipinski definition) is 1. The molecular weight excluding hydrogens is 188 g/mol. The van der Waals surface area contributed by atoms with E-state index in [9.17, 15) is 0 Å². The molecule has 3 nitrogen and oxygen atoms in total. The maximum Gasteiger partial charge on any atom is 0.129 e. The molecule has 3 heteroatoms. The summed E-state index contributed by atoms with van der Waals surface area (Å²) in [5.74, 6) is 0.867. The minimum absolute atomic E-state index is 0.108. The third-order valence-electron chi connectivity index (χ3n) is 2.60. The number of ether oxygens (including phenoxy) is 1. The Morgan fingerprint density at radius 2 is 2.00 bits per heavy atom. The van der Waals surface area contributed by atoms with Crippen LogP contribution in [0.2, 0.25) is 0 Å². The van der Waals surface area contributed by atoms with Crippen molar-refractivity contribution in [3.05, 3.63) is 23.9 Å². The molecule has 0 saturated heterocycles. The van der Waals surface area contributed by atoms with Gasteiger partial charge in [0.25, 0.3) is 0 Å². The Labute approximate surface area is 89.4 Å². The molecular formula is C12H16N2O.